The third-order valence-electron chi connectivity index (χ3n) is 4.02. The van der Waals surface area contributed by atoms with Crippen LogP contribution < -0.4 is 10.2 Å². The minimum atomic E-state index is -0.248. The molecule has 3 aromatic rings. The molecule has 0 atom stereocenters. The number of hydrogen-bond donors (Lipinski definition) is 2. The van der Waals surface area contributed by atoms with Crippen LogP contribution in [0.4, 0.5) is 5.69 Å². The molecule has 1 aliphatic heterocycles. The third kappa shape index (κ3) is 2.46. The average Bonchev–Trinajstić information content (AvgIpc) is 3.06. The number of anilines is 1. The van der Waals surface area contributed by atoms with Crippen molar-refractivity contribution in [1.29, 1.82) is 0 Å². The van der Waals surface area contributed by atoms with E-state index in [1.165, 1.54) is 5.39 Å². The molecule has 2 heterocycles. The Morgan fingerprint density at radius 2 is 1.70 bits per heavy atom. The minimum absolute atomic E-state index is 0.248. The van der Waals surface area contributed by atoms with Crippen molar-refractivity contribution in [2.75, 3.05) is 11.9 Å². The van der Waals surface area contributed by atoms with Gasteiger partial charge in [-0.3, -0.25) is 0 Å². The summed E-state index contributed by atoms with van der Waals surface area (Å²) in [6.45, 7) is 0. The highest BCUT2D eigenvalue weighted by Crippen LogP contribution is 2.32. The lowest BCUT2D eigenvalue weighted by Crippen LogP contribution is -2.33. The number of rotatable bonds is 3. The number of aromatic amines is 1. The van der Waals surface area contributed by atoms with Crippen LogP contribution >= 0.6 is 0 Å². The molecule has 114 valence electrons. The Morgan fingerprint density at radius 3 is 2.52 bits per heavy atom. The van der Waals surface area contributed by atoms with Crippen LogP contribution in [0.3, 0.4) is 0 Å². The molecular weight excluding hydrogens is 286 g/mol. The van der Waals surface area contributed by atoms with Crippen LogP contribution in [0.15, 0.2) is 64.6 Å². The normalized spacial score (nSPS) is 14.1. The largest absolute Gasteiger partial charge is 0.354 e. The van der Waals surface area contributed by atoms with Gasteiger partial charge in [-0.15, -0.1) is 0 Å². The van der Waals surface area contributed by atoms with Gasteiger partial charge in [-0.1, -0.05) is 36.4 Å². The first kappa shape index (κ1) is 13.6. The van der Waals surface area contributed by atoms with Gasteiger partial charge in [0.25, 0.3) is 0 Å². The smallest absolute Gasteiger partial charge is 0.219 e. The van der Waals surface area contributed by atoms with Gasteiger partial charge in [0.15, 0.2) is 0 Å². The zero-order valence-corrected chi connectivity index (χ0v) is 12.8. The SMILES string of the molecule is CN(c1ccccc1-c1cc2ccccc2[nH]1)C1N=CNC=N1. The van der Waals surface area contributed by atoms with E-state index in [0.717, 1.165) is 22.5 Å². The van der Waals surface area contributed by atoms with Crippen molar-refractivity contribution in [3.8, 4) is 11.3 Å². The van der Waals surface area contributed by atoms with Crippen molar-refractivity contribution in [1.82, 2.24) is 10.3 Å². The van der Waals surface area contributed by atoms with Gasteiger partial charge in [0.05, 0.1) is 12.7 Å². The van der Waals surface area contributed by atoms with E-state index in [1.807, 2.05) is 25.2 Å². The molecule has 0 amide bonds. The first-order chi connectivity index (χ1) is 11.3. The maximum Gasteiger partial charge on any atom is 0.219 e. The summed E-state index contributed by atoms with van der Waals surface area (Å²) in [4.78, 5) is 14.3. The topological polar surface area (TPSA) is 55.8 Å². The predicted molar refractivity (Wildman–Crippen MR) is 96.0 cm³/mol. The number of nitrogens with zero attached hydrogens (tertiary/aromatic N) is 3. The molecule has 2 N–H and O–H groups in total. The summed E-state index contributed by atoms with van der Waals surface area (Å²) in [7, 11) is 2.01. The predicted octanol–water partition coefficient (Wildman–Crippen LogP) is 3.21. The van der Waals surface area contributed by atoms with Gasteiger partial charge in [-0.05, 0) is 18.2 Å². The lowest BCUT2D eigenvalue weighted by molar-refractivity contribution is 0.688. The average molecular weight is 303 g/mol. The summed E-state index contributed by atoms with van der Waals surface area (Å²) < 4.78 is 0. The van der Waals surface area contributed by atoms with E-state index in [2.05, 4.69) is 61.6 Å². The van der Waals surface area contributed by atoms with E-state index in [9.17, 15) is 0 Å². The molecule has 0 bridgehead atoms. The van der Waals surface area contributed by atoms with Crippen LogP contribution in [0.25, 0.3) is 22.2 Å². The zero-order chi connectivity index (χ0) is 15.6. The lowest BCUT2D eigenvalue weighted by Gasteiger charge is -2.26. The van der Waals surface area contributed by atoms with Gasteiger partial charge in [0.1, 0.15) is 0 Å². The number of aliphatic imine (C=N–C) groups is 2. The Morgan fingerprint density at radius 1 is 0.957 bits per heavy atom. The standard InChI is InChI=1S/C18H17N5/c1-23(18-20-11-19-12-21-18)17-9-5-3-7-14(17)16-10-13-6-2-4-8-15(13)22-16/h2-12,18,22H,1H3,(H,19,20,21). The van der Waals surface area contributed by atoms with Crippen molar-refractivity contribution in [2.45, 2.75) is 6.29 Å². The maximum absolute atomic E-state index is 4.36. The third-order valence-corrected chi connectivity index (χ3v) is 4.02. The van der Waals surface area contributed by atoms with E-state index in [-0.39, 0.29) is 6.29 Å². The van der Waals surface area contributed by atoms with E-state index in [0.29, 0.717) is 0 Å². The van der Waals surface area contributed by atoms with Crippen LogP contribution in [0.1, 0.15) is 0 Å². The molecule has 2 aromatic carbocycles. The molecule has 5 heteroatoms. The second kappa shape index (κ2) is 5.61. The van der Waals surface area contributed by atoms with Gasteiger partial charge in [0, 0.05) is 34.9 Å². The molecule has 5 nitrogen and oxygen atoms in total. The molecule has 1 aliphatic rings. The minimum Gasteiger partial charge on any atom is -0.354 e. The van der Waals surface area contributed by atoms with Gasteiger partial charge in [-0.25, -0.2) is 9.98 Å². The lowest BCUT2D eigenvalue weighted by atomic mass is 10.1. The summed E-state index contributed by atoms with van der Waals surface area (Å²) in [6.07, 6.45) is 3.08. The Bertz CT molecular complexity index is 848. The summed E-state index contributed by atoms with van der Waals surface area (Å²) in [5, 5.41) is 4.08. The fourth-order valence-electron chi connectivity index (χ4n) is 2.84. The molecule has 0 unspecified atom stereocenters. The second-order valence-electron chi connectivity index (χ2n) is 5.47. The number of fused-ring (bicyclic) bond motifs is 1. The molecule has 0 fully saturated rings. The molecule has 1 aromatic heterocycles. The summed E-state index contributed by atoms with van der Waals surface area (Å²) >= 11 is 0. The first-order valence-corrected chi connectivity index (χ1v) is 7.52. The molecule has 0 radical (unpaired) electrons. The van der Waals surface area contributed by atoms with Crippen LogP contribution in [-0.2, 0) is 0 Å². The molecule has 0 aliphatic carbocycles. The van der Waals surface area contributed by atoms with Gasteiger partial charge >= 0.3 is 0 Å². The van der Waals surface area contributed by atoms with Gasteiger partial charge in [-0.2, -0.15) is 0 Å². The summed E-state index contributed by atoms with van der Waals surface area (Å²) in [6, 6.07) is 18.8. The first-order valence-electron chi connectivity index (χ1n) is 7.52. The van der Waals surface area contributed by atoms with Gasteiger partial charge in [0.2, 0.25) is 6.29 Å². The van der Waals surface area contributed by atoms with E-state index in [1.54, 1.807) is 12.7 Å². The highest BCUT2D eigenvalue weighted by Gasteiger charge is 2.17. The number of aromatic nitrogens is 1. The quantitative estimate of drug-likeness (QED) is 0.780. The van der Waals surface area contributed by atoms with Crippen LogP contribution in [0.2, 0.25) is 0 Å². The molecular formula is C18H17N5. The second-order valence-corrected chi connectivity index (χ2v) is 5.47. The molecule has 0 saturated carbocycles. The fourth-order valence-corrected chi connectivity index (χ4v) is 2.84. The molecule has 4 rings (SSSR count). The highest BCUT2D eigenvalue weighted by molar-refractivity contribution is 5.89. The molecule has 23 heavy (non-hydrogen) atoms. The van der Waals surface area contributed by atoms with E-state index < -0.39 is 0 Å². The van der Waals surface area contributed by atoms with Gasteiger partial charge < -0.3 is 15.2 Å². The van der Waals surface area contributed by atoms with Crippen molar-refractivity contribution in [3.63, 3.8) is 0 Å². The number of H-pyrrole nitrogens is 1. The zero-order valence-electron chi connectivity index (χ0n) is 12.8. The van der Waals surface area contributed by atoms with Crippen LogP contribution in [0, 0.1) is 0 Å². The summed E-state index contributed by atoms with van der Waals surface area (Å²) in [5.74, 6) is 0. The Kier molecular flexibility index (Phi) is 3.31. The number of hydrogen-bond acceptors (Lipinski definition) is 4. The monoisotopic (exact) mass is 303 g/mol. The number of para-hydroxylation sites is 2. The van der Waals surface area contributed by atoms with Crippen molar-refractivity contribution < 1.29 is 0 Å². The van der Waals surface area contributed by atoms with Crippen molar-refractivity contribution in [3.05, 3.63) is 54.6 Å². The van der Waals surface area contributed by atoms with Crippen LogP contribution in [-0.4, -0.2) is 31.0 Å². The Hall–Kier alpha value is -3.08. The molecule has 0 spiro atoms. The fraction of sp³-hybridized carbons (Fsp3) is 0.111. The van der Waals surface area contributed by atoms with E-state index >= 15 is 0 Å². The number of benzene rings is 2. The highest BCUT2D eigenvalue weighted by atomic mass is 15.3. The van der Waals surface area contributed by atoms with E-state index in [4.69, 9.17) is 0 Å². The number of nitrogens with one attached hydrogen (secondary N) is 2. The van der Waals surface area contributed by atoms with Crippen LogP contribution in [0.5, 0.6) is 0 Å². The Labute approximate surface area is 134 Å². The van der Waals surface area contributed by atoms with Crippen molar-refractivity contribution in [2.24, 2.45) is 9.98 Å². The molecule has 0 saturated heterocycles. The summed E-state index contributed by atoms with van der Waals surface area (Å²) in [5.41, 5.74) is 4.45. The maximum atomic E-state index is 4.36. The van der Waals surface area contributed by atoms with Crippen molar-refractivity contribution >= 4 is 29.3 Å². The Balaban J connectivity index is 1.78.